The molecule has 5 nitrogen and oxygen atoms in total. The van der Waals surface area contributed by atoms with Crippen molar-refractivity contribution in [3.05, 3.63) is 29.8 Å². The number of carbonyl (C=O) groups excluding carboxylic acids is 1. The number of aliphatic carboxylic acids is 1. The van der Waals surface area contributed by atoms with E-state index >= 15 is 0 Å². The molecule has 1 aliphatic heterocycles. The second-order valence-corrected chi connectivity index (χ2v) is 5.08. The molecule has 1 fully saturated rings. The van der Waals surface area contributed by atoms with Gasteiger partial charge < -0.3 is 14.7 Å². The lowest BCUT2D eigenvalue weighted by molar-refractivity contribution is -0.151. The lowest BCUT2D eigenvalue weighted by atomic mass is 9.84. The molecule has 1 amide bonds. The zero-order chi connectivity index (χ0) is 15.4. The van der Waals surface area contributed by atoms with Gasteiger partial charge in [0.2, 0.25) is 5.91 Å². The average Bonchev–Trinajstić information content (AvgIpc) is 2.47. The molecule has 21 heavy (non-hydrogen) atoms. The second-order valence-electron chi connectivity index (χ2n) is 5.08. The summed E-state index contributed by atoms with van der Waals surface area (Å²) in [4.78, 5) is 25.4. The van der Waals surface area contributed by atoms with Crippen LogP contribution in [-0.4, -0.2) is 35.0 Å². The van der Waals surface area contributed by atoms with Crippen LogP contribution in [0, 0.1) is 5.92 Å². The van der Waals surface area contributed by atoms with Crippen molar-refractivity contribution in [2.75, 3.05) is 13.2 Å². The maximum atomic E-state index is 12.1. The van der Waals surface area contributed by atoms with Crippen LogP contribution in [-0.2, 0) is 9.59 Å². The summed E-state index contributed by atoms with van der Waals surface area (Å²) in [6.07, 6.45) is 0.661. The number of nitrogens with zero attached hydrogens (tertiary/aromatic N) is 1. The normalized spacial score (nSPS) is 22.2. The Morgan fingerprint density at radius 3 is 2.71 bits per heavy atom. The fourth-order valence-corrected chi connectivity index (χ4v) is 2.98. The van der Waals surface area contributed by atoms with E-state index in [9.17, 15) is 14.7 Å². The number of ether oxygens (including phenoxy) is 1. The van der Waals surface area contributed by atoms with E-state index < -0.39 is 17.9 Å². The minimum atomic E-state index is -0.864. The largest absolute Gasteiger partial charge is 0.494 e. The Kier molecular flexibility index (Phi) is 4.83. The van der Waals surface area contributed by atoms with Gasteiger partial charge in [-0.2, -0.15) is 0 Å². The van der Waals surface area contributed by atoms with Crippen LogP contribution in [0.25, 0.3) is 0 Å². The molecule has 1 saturated heterocycles. The maximum absolute atomic E-state index is 12.1. The molecule has 2 unspecified atom stereocenters. The van der Waals surface area contributed by atoms with E-state index in [1.165, 1.54) is 0 Å². The quantitative estimate of drug-likeness (QED) is 0.905. The molecule has 2 rings (SSSR count). The lowest BCUT2D eigenvalue weighted by Crippen LogP contribution is -2.45. The number of benzene rings is 1. The zero-order valence-electron chi connectivity index (χ0n) is 12.4. The maximum Gasteiger partial charge on any atom is 0.308 e. The van der Waals surface area contributed by atoms with Crippen LogP contribution in [0.1, 0.15) is 38.3 Å². The zero-order valence-corrected chi connectivity index (χ0v) is 12.4. The first-order chi connectivity index (χ1) is 10.1. The first-order valence-electron chi connectivity index (χ1n) is 7.34. The summed E-state index contributed by atoms with van der Waals surface area (Å²) in [5.41, 5.74) is 0.779. The topological polar surface area (TPSA) is 66.8 Å². The van der Waals surface area contributed by atoms with Crippen LogP contribution in [0.2, 0.25) is 0 Å². The summed E-state index contributed by atoms with van der Waals surface area (Å²) in [5.74, 6) is -0.794. The van der Waals surface area contributed by atoms with Gasteiger partial charge in [-0.05, 0) is 26.3 Å². The van der Waals surface area contributed by atoms with Crippen LogP contribution >= 0.6 is 0 Å². The molecule has 0 bridgehead atoms. The van der Waals surface area contributed by atoms with Crippen molar-refractivity contribution < 1.29 is 19.4 Å². The number of carboxylic acid groups (broad SMARTS) is 1. The van der Waals surface area contributed by atoms with Gasteiger partial charge in [0, 0.05) is 18.5 Å². The summed E-state index contributed by atoms with van der Waals surface area (Å²) in [7, 11) is 0. The van der Waals surface area contributed by atoms with Crippen molar-refractivity contribution in [3.63, 3.8) is 0 Å². The SMILES string of the molecule is CCOc1ccccc1C1C(C(=O)O)CCC(=O)N1CC. The number of likely N-dealkylation sites (tertiary alicyclic amines) is 1. The predicted octanol–water partition coefficient (Wildman–Crippen LogP) is 2.47. The molecule has 1 N–H and O–H groups in total. The van der Waals surface area contributed by atoms with E-state index in [1.54, 1.807) is 4.90 Å². The smallest absolute Gasteiger partial charge is 0.308 e. The minimum Gasteiger partial charge on any atom is -0.494 e. The number of hydrogen-bond donors (Lipinski definition) is 1. The molecule has 2 atom stereocenters. The Morgan fingerprint density at radius 2 is 2.10 bits per heavy atom. The summed E-state index contributed by atoms with van der Waals surface area (Å²) < 4.78 is 5.62. The van der Waals surface area contributed by atoms with Crippen molar-refractivity contribution in [3.8, 4) is 5.75 Å². The summed E-state index contributed by atoms with van der Waals surface area (Å²) >= 11 is 0. The molecule has 1 aliphatic rings. The molecule has 1 heterocycles. The Hall–Kier alpha value is -2.04. The Balaban J connectivity index is 2.48. The van der Waals surface area contributed by atoms with E-state index in [-0.39, 0.29) is 12.3 Å². The van der Waals surface area contributed by atoms with Crippen LogP contribution in [0.15, 0.2) is 24.3 Å². The van der Waals surface area contributed by atoms with Crippen LogP contribution in [0.5, 0.6) is 5.75 Å². The summed E-state index contributed by atoms with van der Waals surface area (Å²) in [6.45, 7) is 4.75. The monoisotopic (exact) mass is 291 g/mol. The number of para-hydroxylation sites is 1. The third-order valence-electron chi connectivity index (χ3n) is 3.90. The van der Waals surface area contributed by atoms with Crippen molar-refractivity contribution >= 4 is 11.9 Å². The van der Waals surface area contributed by atoms with Crippen molar-refractivity contribution in [1.82, 2.24) is 4.90 Å². The van der Waals surface area contributed by atoms with E-state index in [4.69, 9.17) is 4.74 Å². The number of rotatable bonds is 5. The van der Waals surface area contributed by atoms with E-state index in [0.29, 0.717) is 25.3 Å². The van der Waals surface area contributed by atoms with Gasteiger partial charge in [-0.1, -0.05) is 18.2 Å². The molecule has 0 saturated carbocycles. The van der Waals surface area contributed by atoms with Crippen molar-refractivity contribution in [2.45, 2.75) is 32.7 Å². The molecule has 0 spiro atoms. The lowest BCUT2D eigenvalue weighted by Gasteiger charge is -2.39. The standard InChI is InChI=1S/C16H21NO4/c1-3-17-14(18)10-9-12(16(19)20)15(17)11-7-5-6-8-13(11)21-4-2/h5-8,12,15H,3-4,9-10H2,1-2H3,(H,19,20). The number of piperidine rings is 1. The number of amides is 1. The number of hydrogen-bond acceptors (Lipinski definition) is 3. The van der Waals surface area contributed by atoms with E-state index in [2.05, 4.69) is 0 Å². The molecule has 5 heteroatoms. The average molecular weight is 291 g/mol. The third kappa shape index (κ3) is 3.01. The fourth-order valence-electron chi connectivity index (χ4n) is 2.98. The molecule has 0 aromatic heterocycles. The first kappa shape index (κ1) is 15.4. The highest BCUT2D eigenvalue weighted by molar-refractivity contribution is 5.82. The minimum absolute atomic E-state index is 0.00583. The Morgan fingerprint density at radius 1 is 1.38 bits per heavy atom. The molecule has 114 valence electrons. The van der Waals surface area contributed by atoms with E-state index in [0.717, 1.165) is 5.56 Å². The molecular weight excluding hydrogens is 270 g/mol. The van der Waals surface area contributed by atoms with Gasteiger partial charge in [0.05, 0.1) is 18.6 Å². The van der Waals surface area contributed by atoms with Crippen LogP contribution < -0.4 is 4.74 Å². The second kappa shape index (κ2) is 6.61. The van der Waals surface area contributed by atoms with E-state index in [1.807, 2.05) is 38.1 Å². The fraction of sp³-hybridized carbons (Fsp3) is 0.500. The highest BCUT2D eigenvalue weighted by Crippen LogP contribution is 2.40. The highest BCUT2D eigenvalue weighted by atomic mass is 16.5. The third-order valence-corrected chi connectivity index (χ3v) is 3.90. The molecule has 1 aromatic rings. The van der Waals surface area contributed by atoms with Gasteiger partial charge in [0.1, 0.15) is 5.75 Å². The first-order valence-corrected chi connectivity index (χ1v) is 7.34. The molecule has 0 radical (unpaired) electrons. The van der Waals surface area contributed by atoms with Gasteiger partial charge in [-0.15, -0.1) is 0 Å². The van der Waals surface area contributed by atoms with Gasteiger partial charge in [-0.25, -0.2) is 0 Å². The molecular formula is C16H21NO4. The Labute approximate surface area is 124 Å². The Bertz CT molecular complexity index is 527. The number of carboxylic acids is 1. The predicted molar refractivity (Wildman–Crippen MR) is 78.1 cm³/mol. The number of carbonyl (C=O) groups is 2. The van der Waals surface area contributed by atoms with Gasteiger partial charge in [-0.3, -0.25) is 9.59 Å². The van der Waals surface area contributed by atoms with Gasteiger partial charge in [0.15, 0.2) is 0 Å². The van der Waals surface area contributed by atoms with Crippen LogP contribution in [0.3, 0.4) is 0 Å². The van der Waals surface area contributed by atoms with Gasteiger partial charge in [0.25, 0.3) is 0 Å². The highest BCUT2D eigenvalue weighted by Gasteiger charge is 2.41. The van der Waals surface area contributed by atoms with Crippen molar-refractivity contribution in [1.29, 1.82) is 0 Å². The van der Waals surface area contributed by atoms with Crippen LogP contribution in [0.4, 0.5) is 0 Å². The molecule has 0 aliphatic carbocycles. The summed E-state index contributed by atoms with van der Waals surface area (Å²) in [5, 5.41) is 9.51. The summed E-state index contributed by atoms with van der Waals surface area (Å²) in [6, 6.07) is 6.92. The molecule has 1 aromatic carbocycles. The van der Waals surface area contributed by atoms with Crippen molar-refractivity contribution in [2.24, 2.45) is 5.92 Å². The van der Waals surface area contributed by atoms with Gasteiger partial charge >= 0.3 is 5.97 Å².